The van der Waals surface area contributed by atoms with Gasteiger partial charge in [0.25, 0.3) is 0 Å². The van der Waals surface area contributed by atoms with Crippen molar-refractivity contribution in [2.24, 2.45) is 16.8 Å². The first-order chi connectivity index (χ1) is 14.3. The lowest BCUT2D eigenvalue weighted by Gasteiger charge is -2.15. The molecule has 0 spiro atoms. The second-order valence-corrected chi connectivity index (χ2v) is 7.90. The van der Waals surface area contributed by atoms with Crippen LogP contribution in [0.3, 0.4) is 0 Å². The maximum Gasteiger partial charge on any atom is 0.213 e. The summed E-state index contributed by atoms with van der Waals surface area (Å²) < 4.78 is 11.7. The van der Waals surface area contributed by atoms with Crippen molar-refractivity contribution in [3.05, 3.63) is 53.7 Å². The standard InChI is InChI=1S/C23H30N4O2.HI/c1-24-23(26-13-19-10-11-22(25-12-19)29-16-18-8-9-18)27-14-20-4-2-3-5-21(20)28-15-17-6-7-17;/h2-5,10-12,17-18H,6-9,13-16H2,1H3,(H2,24,26,27);1H. The van der Waals surface area contributed by atoms with E-state index in [1.54, 1.807) is 7.05 Å². The molecule has 2 aliphatic rings. The van der Waals surface area contributed by atoms with Crippen LogP contribution in [0.25, 0.3) is 0 Å². The van der Waals surface area contributed by atoms with E-state index in [2.05, 4.69) is 26.7 Å². The van der Waals surface area contributed by atoms with E-state index in [0.717, 1.165) is 47.9 Å². The molecule has 2 fully saturated rings. The van der Waals surface area contributed by atoms with Crippen molar-refractivity contribution < 1.29 is 9.47 Å². The molecule has 0 amide bonds. The summed E-state index contributed by atoms with van der Waals surface area (Å²) in [4.78, 5) is 8.70. The van der Waals surface area contributed by atoms with Gasteiger partial charge in [-0.25, -0.2) is 4.98 Å². The molecule has 0 radical (unpaired) electrons. The van der Waals surface area contributed by atoms with Gasteiger partial charge >= 0.3 is 0 Å². The van der Waals surface area contributed by atoms with Crippen molar-refractivity contribution in [2.75, 3.05) is 20.3 Å². The number of benzene rings is 1. The molecule has 1 heterocycles. The van der Waals surface area contributed by atoms with Crippen molar-refractivity contribution in [1.82, 2.24) is 15.6 Å². The Kier molecular flexibility index (Phi) is 8.60. The lowest BCUT2D eigenvalue weighted by atomic mass is 10.2. The van der Waals surface area contributed by atoms with Crippen LogP contribution < -0.4 is 20.1 Å². The van der Waals surface area contributed by atoms with E-state index in [4.69, 9.17) is 9.47 Å². The quantitative estimate of drug-likeness (QED) is 0.279. The summed E-state index contributed by atoms with van der Waals surface area (Å²) in [5.74, 6) is 3.87. The smallest absolute Gasteiger partial charge is 0.213 e. The second kappa shape index (κ2) is 11.4. The number of nitrogens with zero attached hydrogens (tertiary/aromatic N) is 2. The van der Waals surface area contributed by atoms with Gasteiger partial charge in [-0.05, 0) is 49.1 Å². The second-order valence-electron chi connectivity index (χ2n) is 7.90. The van der Waals surface area contributed by atoms with E-state index in [1.165, 1.54) is 25.7 Å². The molecule has 4 rings (SSSR count). The van der Waals surface area contributed by atoms with Crippen LogP contribution in [0.15, 0.2) is 47.6 Å². The third-order valence-corrected chi connectivity index (χ3v) is 5.24. The third-order valence-electron chi connectivity index (χ3n) is 5.24. The number of rotatable bonds is 10. The average molecular weight is 522 g/mol. The van der Waals surface area contributed by atoms with Gasteiger partial charge in [-0.2, -0.15) is 0 Å². The Morgan fingerprint density at radius 3 is 2.33 bits per heavy atom. The van der Waals surface area contributed by atoms with Crippen molar-refractivity contribution in [2.45, 2.75) is 38.8 Å². The maximum atomic E-state index is 5.99. The summed E-state index contributed by atoms with van der Waals surface area (Å²) in [6, 6.07) is 12.2. The van der Waals surface area contributed by atoms with Crippen LogP contribution in [-0.2, 0) is 13.1 Å². The Bertz CT molecular complexity index is 820. The predicted octanol–water partition coefficient (Wildman–Crippen LogP) is 4.14. The van der Waals surface area contributed by atoms with Gasteiger partial charge in [-0.3, -0.25) is 4.99 Å². The maximum absolute atomic E-state index is 5.99. The molecular formula is C23H31IN4O2. The largest absolute Gasteiger partial charge is 0.493 e. The summed E-state index contributed by atoms with van der Waals surface area (Å²) >= 11 is 0. The first-order valence-electron chi connectivity index (χ1n) is 10.5. The van der Waals surface area contributed by atoms with Crippen LogP contribution >= 0.6 is 24.0 Å². The lowest BCUT2D eigenvalue weighted by molar-refractivity contribution is 0.288. The van der Waals surface area contributed by atoms with Crippen molar-refractivity contribution in [3.8, 4) is 11.6 Å². The van der Waals surface area contributed by atoms with Gasteiger partial charge in [0.15, 0.2) is 5.96 Å². The van der Waals surface area contributed by atoms with Crippen LogP contribution in [-0.4, -0.2) is 31.2 Å². The summed E-state index contributed by atoms with van der Waals surface area (Å²) in [5.41, 5.74) is 2.22. The van der Waals surface area contributed by atoms with Crippen molar-refractivity contribution in [1.29, 1.82) is 0 Å². The van der Waals surface area contributed by atoms with Crippen molar-refractivity contribution in [3.63, 3.8) is 0 Å². The Hall–Kier alpha value is -2.03. The number of aliphatic imine (C=N–C) groups is 1. The van der Waals surface area contributed by atoms with Gasteiger partial charge in [0, 0.05) is 38.0 Å². The van der Waals surface area contributed by atoms with Gasteiger partial charge in [0.2, 0.25) is 5.88 Å². The Labute approximate surface area is 195 Å². The zero-order chi connectivity index (χ0) is 19.9. The molecule has 0 aliphatic heterocycles. The topological polar surface area (TPSA) is 67.8 Å². The van der Waals surface area contributed by atoms with E-state index >= 15 is 0 Å². The minimum absolute atomic E-state index is 0. The van der Waals surface area contributed by atoms with E-state index in [-0.39, 0.29) is 24.0 Å². The Morgan fingerprint density at radius 2 is 1.67 bits per heavy atom. The molecule has 0 saturated heterocycles. The first kappa shape index (κ1) is 22.7. The van der Waals surface area contributed by atoms with Gasteiger partial charge in [0.1, 0.15) is 5.75 Å². The van der Waals surface area contributed by atoms with Gasteiger partial charge in [0.05, 0.1) is 13.2 Å². The zero-order valence-corrected chi connectivity index (χ0v) is 19.8. The summed E-state index contributed by atoms with van der Waals surface area (Å²) in [6.07, 6.45) is 7.00. The zero-order valence-electron chi connectivity index (χ0n) is 17.5. The van der Waals surface area contributed by atoms with Crippen LogP contribution in [0.5, 0.6) is 11.6 Å². The molecule has 0 atom stereocenters. The molecule has 30 heavy (non-hydrogen) atoms. The molecule has 2 aliphatic carbocycles. The number of para-hydroxylation sites is 1. The molecule has 2 aromatic rings. The number of aromatic nitrogens is 1. The lowest BCUT2D eigenvalue weighted by Crippen LogP contribution is -2.36. The molecule has 1 aromatic heterocycles. The highest BCUT2D eigenvalue weighted by Crippen LogP contribution is 2.30. The number of ether oxygens (including phenoxy) is 2. The molecule has 162 valence electrons. The Morgan fingerprint density at radius 1 is 0.967 bits per heavy atom. The van der Waals surface area contributed by atoms with Gasteiger partial charge < -0.3 is 20.1 Å². The number of pyridine rings is 1. The number of halogens is 1. The van der Waals surface area contributed by atoms with Crippen molar-refractivity contribution >= 4 is 29.9 Å². The number of hydrogen-bond acceptors (Lipinski definition) is 4. The summed E-state index contributed by atoms with van der Waals surface area (Å²) in [5, 5.41) is 6.70. The van der Waals surface area contributed by atoms with Gasteiger partial charge in [-0.1, -0.05) is 24.3 Å². The summed E-state index contributed by atoms with van der Waals surface area (Å²) in [7, 11) is 1.78. The van der Waals surface area contributed by atoms with E-state index in [0.29, 0.717) is 19.0 Å². The molecule has 2 saturated carbocycles. The average Bonchev–Trinajstić information content (AvgIpc) is 3.67. The fourth-order valence-electron chi connectivity index (χ4n) is 2.96. The SMILES string of the molecule is CN=C(NCc1ccc(OCC2CC2)nc1)NCc1ccccc1OCC1CC1.I. The Balaban J connectivity index is 0.00000256. The van der Waals surface area contributed by atoms with E-state index in [9.17, 15) is 0 Å². The first-order valence-corrected chi connectivity index (χ1v) is 10.5. The van der Waals surface area contributed by atoms with E-state index in [1.807, 2.05) is 36.5 Å². The van der Waals surface area contributed by atoms with E-state index < -0.39 is 0 Å². The van der Waals surface area contributed by atoms with Crippen LogP contribution in [0.4, 0.5) is 0 Å². The highest BCUT2D eigenvalue weighted by Gasteiger charge is 2.22. The molecule has 0 bridgehead atoms. The molecule has 6 nitrogen and oxygen atoms in total. The minimum atomic E-state index is 0. The van der Waals surface area contributed by atoms with Crippen LogP contribution in [0.1, 0.15) is 36.8 Å². The molecule has 2 N–H and O–H groups in total. The highest BCUT2D eigenvalue weighted by atomic mass is 127. The fourth-order valence-corrected chi connectivity index (χ4v) is 2.96. The number of nitrogens with one attached hydrogen (secondary N) is 2. The predicted molar refractivity (Wildman–Crippen MR) is 130 cm³/mol. The fraction of sp³-hybridized carbons (Fsp3) is 0.478. The highest BCUT2D eigenvalue weighted by molar-refractivity contribution is 14.0. The molecule has 7 heteroatoms. The monoisotopic (exact) mass is 522 g/mol. The number of hydrogen-bond donors (Lipinski definition) is 2. The minimum Gasteiger partial charge on any atom is -0.493 e. The molecule has 0 unspecified atom stereocenters. The summed E-state index contributed by atoms with van der Waals surface area (Å²) in [6.45, 7) is 2.91. The third kappa shape index (κ3) is 7.34. The number of guanidine groups is 1. The van der Waals surface area contributed by atoms with Gasteiger partial charge in [-0.15, -0.1) is 24.0 Å². The van der Waals surface area contributed by atoms with Crippen LogP contribution in [0, 0.1) is 11.8 Å². The molecular weight excluding hydrogens is 491 g/mol. The molecule has 1 aromatic carbocycles. The normalized spacial score (nSPS) is 15.8. The van der Waals surface area contributed by atoms with Crippen LogP contribution in [0.2, 0.25) is 0 Å².